The molecule has 3 aliphatic rings. The third-order valence-corrected chi connectivity index (χ3v) is 16.6. The Labute approximate surface area is 401 Å². The number of carbonyl (C=O) groups is 3. The maximum Gasteiger partial charge on any atom is 0.405 e. The summed E-state index contributed by atoms with van der Waals surface area (Å²) < 4.78 is 29.7. The van der Waals surface area contributed by atoms with Crippen molar-refractivity contribution in [3.05, 3.63) is 141 Å². The molecular weight excluding hydrogens is 903 g/mol. The predicted octanol–water partition coefficient (Wildman–Crippen LogP) is 7.69. The monoisotopic (exact) mass is 961 g/mol. The first kappa shape index (κ1) is 48.3. The molecule has 4 amide bonds. The van der Waals surface area contributed by atoms with E-state index in [2.05, 4.69) is 40.1 Å². The van der Waals surface area contributed by atoms with Gasteiger partial charge in [-0.2, -0.15) is 4.31 Å². The summed E-state index contributed by atoms with van der Waals surface area (Å²) >= 11 is 1.34. The molecule has 0 spiro atoms. The van der Waals surface area contributed by atoms with E-state index in [9.17, 15) is 33.0 Å². The Balaban J connectivity index is 0.982. The lowest BCUT2D eigenvalue weighted by molar-refractivity contribution is -0.128. The molecule has 4 aromatic carbocycles. The van der Waals surface area contributed by atoms with Crippen LogP contribution in [0.2, 0.25) is 0 Å². The molecule has 5 N–H and O–H groups in total. The van der Waals surface area contributed by atoms with Gasteiger partial charge in [0.2, 0.25) is 15.9 Å². The maximum atomic E-state index is 14.7. The molecule has 17 heteroatoms. The van der Waals surface area contributed by atoms with Gasteiger partial charge in [-0.1, -0.05) is 123 Å². The summed E-state index contributed by atoms with van der Waals surface area (Å²) in [6, 6.07) is 28.9. The SMILES string of the molecule is CC[C@H](C)[C@@H](C(=O)N[C@@H](Cc1ccccc1)[C@H](O)CN(CC1CCC1)S(=O)(=O)c1ccc(C=NO)cc1)N1CCN(Cc2csc(C(CC3c4ccccc4-c4ccccc43)NC(=O)O)n2)C1=O. The Morgan fingerprint density at radius 3 is 2.22 bits per heavy atom. The number of benzene rings is 4. The number of hydrogen-bond acceptors (Lipinski definition) is 10. The Bertz CT molecular complexity index is 2650. The number of hydrogen-bond donors (Lipinski definition) is 5. The molecule has 1 unspecified atom stereocenters. The van der Waals surface area contributed by atoms with Crippen LogP contribution in [0.5, 0.6) is 0 Å². The van der Waals surface area contributed by atoms with Gasteiger partial charge in [0.15, 0.2) is 0 Å². The number of aromatic nitrogens is 1. The molecule has 358 valence electrons. The normalized spacial score (nSPS) is 17.4. The molecule has 2 aliphatic carbocycles. The predicted molar refractivity (Wildman–Crippen MR) is 260 cm³/mol. The molecule has 2 fully saturated rings. The Kier molecular flexibility index (Phi) is 15.2. The van der Waals surface area contributed by atoms with Gasteiger partial charge in [-0.25, -0.2) is 23.0 Å². The summed E-state index contributed by atoms with van der Waals surface area (Å²) in [7, 11) is -4.09. The van der Waals surface area contributed by atoms with Gasteiger partial charge in [0.05, 0.1) is 41.5 Å². The van der Waals surface area contributed by atoms with Gasteiger partial charge in [-0.3, -0.25) is 4.79 Å². The quantitative estimate of drug-likeness (QED) is 0.0277. The van der Waals surface area contributed by atoms with E-state index in [4.69, 9.17) is 10.2 Å². The van der Waals surface area contributed by atoms with Crippen LogP contribution in [0.1, 0.15) is 90.9 Å². The average Bonchev–Trinajstić information content (AvgIpc) is 4.03. The van der Waals surface area contributed by atoms with E-state index in [0.717, 1.165) is 47.1 Å². The number of nitrogens with zero attached hydrogens (tertiary/aromatic N) is 5. The van der Waals surface area contributed by atoms with Crippen molar-refractivity contribution in [2.75, 3.05) is 26.2 Å². The first-order valence-corrected chi connectivity index (χ1v) is 25.6. The lowest BCUT2D eigenvalue weighted by Gasteiger charge is -2.36. The molecule has 15 nitrogen and oxygen atoms in total. The number of nitrogens with one attached hydrogen (secondary N) is 2. The second kappa shape index (κ2) is 21.4. The Morgan fingerprint density at radius 1 is 0.941 bits per heavy atom. The van der Waals surface area contributed by atoms with E-state index in [0.29, 0.717) is 35.7 Å². The fourth-order valence-corrected chi connectivity index (χ4v) is 12.1. The summed E-state index contributed by atoms with van der Waals surface area (Å²) in [5, 5.41) is 42.2. The molecule has 68 heavy (non-hydrogen) atoms. The summed E-state index contributed by atoms with van der Waals surface area (Å²) in [6.45, 7) is 4.55. The fraction of sp³-hybridized carbons (Fsp3) is 0.392. The second-order valence-corrected chi connectivity index (χ2v) is 21.0. The number of aliphatic hydroxyl groups is 1. The zero-order valence-corrected chi connectivity index (χ0v) is 39.9. The maximum absolute atomic E-state index is 14.7. The number of rotatable bonds is 21. The fourth-order valence-electron chi connectivity index (χ4n) is 9.74. The van der Waals surface area contributed by atoms with Crippen LogP contribution < -0.4 is 10.6 Å². The molecule has 1 saturated carbocycles. The summed E-state index contributed by atoms with van der Waals surface area (Å²) in [5.41, 5.74) is 6.50. The van der Waals surface area contributed by atoms with Gasteiger partial charge in [0.1, 0.15) is 11.0 Å². The Hall–Kier alpha value is -6.14. The van der Waals surface area contributed by atoms with Gasteiger partial charge >= 0.3 is 12.1 Å². The van der Waals surface area contributed by atoms with Crippen LogP contribution in [-0.2, 0) is 27.8 Å². The van der Waals surface area contributed by atoms with Crippen LogP contribution in [0, 0.1) is 11.8 Å². The highest BCUT2D eigenvalue weighted by atomic mass is 32.2. The smallest absolute Gasteiger partial charge is 0.405 e. The highest BCUT2D eigenvalue weighted by Crippen LogP contribution is 2.48. The molecule has 0 bridgehead atoms. The van der Waals surface area contributed by atoms with E-state index < -0.39 is 46.3 Å². The van der Waals surface area contributed by atoms with Crippen molar-refractivity contribution in [1.82, 2.24) is 29.7 Å². The number of sulfonamides is 1. The lowest BCUT2D eigenvalue weighted by atomic mass is 9.85. The molecule has 2 heterocycles. The van der Waals surface area contributed by atoms with Crippen LogP contribution in [0.4, 0.5) is 9.59 Å². The van der Waals surface area contributed by atoms with Crippen molar-refractivity contribution in [1.29, 1.82) is 0 Å². The third kappa shape index (κ3) is 10.8. The van der Waals surface area contributed by atoms with Gasteiger partial charge in [0, 0.05) is 37.5 Å². The number of amides is 4. The van der Waals surface area contributed by atoms with Crippen molar-refractivity contribution >= 4 is 45.6 Å². The van der Waals surface area contributed by atoms with Gasteiger partial charge in [-0.15, -0.1) is 11.3 Å². The van der Waals surface area contributed by atoms with E-state index in [1.165, 1.54) is 34.0 Å². The standard InChI is InChI=1S/C51H59N7O8S2/c1-3-33(2)47(48(60)54-44(26-34-12-5-4-6-13-34)46(59)31-57(29-36-14-11-15-36)68(65,66)38-22-20-35(21-23-38)28-52-64)58-25-24-56(51(58)63)30-37-32-67-49(53-37)45(55-50(61)62)27-43-41-18-9-7-16-39(41)40-17-8-10-19-42(40)43/h4-10,12-13,16-23,28,32-33,36,43-47,55,59,64H,3,11,14-15,24-27,29-31H2,1-2H3,(H,54,60)(H,61,62)/t33-,44-,45?,46+,47-/m0/s1. The van der Waals surface area contributed by atoms with Gasteiger partial charge < -0.3 is 35.9 Å². The number of fused-ring (bicyclic) bond motifs is 3. The zero-order chi connectivity index (χ0) is 48.0. The lowest BCUT2D eigenvalue weighted by Crippen LogP contribution is -2.57. The number of aliphatic hydroxyl groups excluding tert-OH is 1. The molecule has 5 aromatic rings. The van der Waals surface area contributed by atoms with E-state index in [-0.39, 0.29) is 61.3 Å². The summed E-state index contributed by atoms with van der Waals surface area (Å²) in [5.74, 6) is -0.639. The number of thiazole rings is 1. The molecule has 1 saturated heterocycles. The number of oxime groups is 1. The molecule has 0 radical (unpaired) electrons. The minimum Gasteiger partial charge on any atom is -0.465 e. The summed E-state index contributed by atoms with van der Waals surface area (Å²) in [4.78, 5) is 49.3. The summed E-state index contributed by atoms with van der Waals surface area (Å²) in [6.07, 6.45) is 2.69. The molecule has 5 atom stereocenters. The van der Waals surface area contributed by atoms with Crippen LogP contribution in [-0.4, -0.2) is 112 Å². The molecular formula is C51H59N7O8S2. The number of urea groups is 1. The van der Waals surface area contributed by atoms with Crippen molar-refractivity contribution in [3.8, 4) is 11.1 Å². The van der Waals surface area contributed by atoms with Crippen LogP contribution in [0.15, 0.2) is 119 Å². The second-order valence-electron chi connectivity index (χ2n) is 18.2. The number of carboxylic acid groups (broad SMARTS) is 1. The van der Waals surface area contributed by atoms with E-state index in [1.54, 1.807) is 21.9 Å². The topological polar surface area (TPSA) is 205 Å². The minimum atomic E-state index is -4.09. The highest BCUT2D eigenvalue weighted by Gasteiger charge is 2.42. The van der Waals surface area contributed by atoms with Crippen LogP contribution in [0.3, 0.4) is 0 Å². The minimum absolute atomic E-state index is 0.0312. The van der Waals surface area contributed by atoms with Crippen LogP contribution in [0.25, 0.3) is 11.1 Å². The van der Waals surface area contributed by atoms with Crippen molar-refractivity contribution < 1.29 is 38.2 Å². The van der Waals surface area contributed by atoms with Crippen molar-refractivity contribution in [3.63, 3.8) is 0 Å². The largest absolute Gasteiger partial charge is 0.465 e. The first-order valence-electron chi connectivity index (χ1n) is 23.3. The van der Waals surface area contributed by atoms with Crippen molar-refractivity contribution in [2.45, 2.75) is 94.0 Å². The number of carbonyl (C=O) groups excluding carboxylic acids is 2. The molecule has 1 aliphatic heterocycles. The molecule has 1 aromatic heterocycles. The van der Waals surface area contributed by atoms with Gasteiger partial charge in [-0.05, 0) is 83.0 Å². The molecule has 8 rings (SSSR count). The van der Waals surface area contributed by atoms with Gasteiger partial charge in [0.25, 0.3) is 0 Å². The van der Waals surface area contributed by atoms with Crippen LogP contribution >= 0.6 is 11.3 Å². The Morgan fingerprint density at radius 2 is 1.60 bits per heavy atom. The van der Waals surface area contributed by atoms with E-state index in [1.807, 2.05) is 73.8 Å². The average molecular weight is 962 g/mol. The van der Waals surface area contributed by atoms with E-state index >= 15 is 0 Å². The van der Waals surface area contributed by atoms with Crippen molar-refractivity contribution in [2.24, 2.45) is 17.0 Å². The highest BCUT2D eigenvalue weighted by molar-refractivity contribution is 7.89. The third-order valence-electron chi connectivity index (χ3n) is 13.8. The zero-order valence-electron chi connectivity index (χ0n) is 38.2. The first-order chi connectivity index (χ1) is 32.8.